The lowest BCUT2D eigenvalue weighted by Crippen LogP contribution is -2.41. The van der Waals surface area contributed by atoms with Crippen molar-refractivity contribution in [2.75, 3.05) is 13.7 Å². The summed E-state index contributed by atoms with van der Waals surface area (Å²) in [5, 5.41) is 1.43. The lowest BCUT2D eigenvalue weighted by molar-refractivity contribution is 0.0601. The Morgan fingerprint density at radius 2 is 1.87 bits per heavy atom. The lowest BCUT2D eigenvalue weighted by atomic mass is 9.84. The summed E-state index contributed by atoms with van der Waals surface area (Å²) < 4.78 is 14.9. The van der Waals surface area contributed by atoms with Gasteiger partial charge in [0.1, 0.15) is 0 Å². The molecule has 1 saturated carbocycles. The van der Waals surface area contributed by atoms with Crippen molar-refractivity contribution >= 4 is 41.1 Å². The Hall–Kier alpha value is -1.11. The number of carbonyl (C=O) groups excluding carboxylic acids is 1. The van der Waals surface area contributed by atoms with Crippen molar-refractivity contribution in [2.24, 2.45) is 0 Å². The Morgan fingerprint density at radius 1 is 1.20 bits per heavy atom. The van der Waals surface area contributed by atoms with Crippen molar-refractivity contribution < 1.29 is 14.0 Å². The van der Waals surface area contributed by atoms with Crippen LogP contribution in [-0.2, 0) is 15.7 Å². The van der Waals surface area contributed by atoms with Gasteiger partial charge in [0.15, 0.2) is 8.32 Å². The van der Waals surface area contributed by atoms with Gasteiger partial charge in [0.2, 0.25) is 0 Å². The highest BCUT2D eigenvalue weighted by Gasteiger charge is 2.37. The van der Waals surface area contributed by atoms with E-state index in [0.717, 1.165) is 16.7 Å². The molecule has 1 fully saturated rings. The molecule has 0 atom stereocenters. The van der Waals surface area contributed by atoms with Gasteiger partial charge in [-0.25, -0.2) is 4.79 Å². The van der Waals surface area contributed by atoms with Crippen LogP contribution in [0.5, 0.6) is 0 Å². The van der Waals surface area contributed by atoms with Crippen LogP contribution >= 0.6 is 15.9 Å². The molecule has 1 aliphatic rings. The summed E-state index contributed by atoms with van der Waals surface area (Å²) in [5.41, 5.74) is 3.08. The Bertz CT molecular complexity index is 907. The fraction of sp³-hybridized carbons (Fsp3) is 0.625. The molecule has 1 aliphatic carbocycles. The number of carbonyl (C=O) groups is 1. The number of aromatic nitrogens is 1. The molecule has 0 aliphatic heterocycles. The molecular weight excluding hydrogens is 458 g/mol. The second kappa shape index (κ2) is 9.17. The van der Waals surface area contributed by atoms with E-state index in [9.17, 15) is 4.79 Å². The third-order valence-corrected chi connectivity index (χ3v) is 12.4. The molecule has 166 valence electrons. The number of fused-ring (bicyclic) bond motifs is 1. The highest BCUT2D eigenvalue weighted by molar-refractivity contribution is 9.10. The number of hydrogen-bond acceptors (Lipinski definition) is 3. The minimum absolute atomic E-state index is 0.189. The summed E-state index contributed by atoms with van der Waals surface area (Å²) in [7, 11) is -0.374. The maximum Gasteiger partial charge on any atom is 0.337 e. The third-order valence-electron chi connectivity index (χ3n) is 7.06. The molecule has 1 aromatic carbocycles. The fourth-order valence-electron chi connectivity index (χ4n) is 4.20. The molecular formula is C24H36BrNO3Si. The Balaban J connectivity index is 1.98. The molecule has 1 heterocycles. The van der Waals surface area contributed by atoms with E-state index in [1.807, 2.05) is 12.1 Å². The summed E-state index contributed by atoms with van der Waals surface area (Å²) in [5.74, 6) is 0.277. The third kappa shape index (κ3) is 4.70. The normalized spacial score (nSPS) is 16.2. The van der Waals surface area contributed by atoms with Gasteiger partial charge in [-0.2, -0.15) is 0 Å². The van der Waals surface area contributed by atoms with Crippen LogP contribution in [0.3, 0.4) is 0 Å². The number of halogens is 1. The molecule has 0 unspecified atom stereocenters. The van der Waals surface area contributed by atoms with Crippen LogP contribution in [0.2, 0.25) is 18.1 Å². The quantitative estimate of drug-likeness (QED) is 0.313. The standard InChI is InChI=1S/C24H36BrNO3Si/c1-24(2,3)30(5,6)29-15-14-26-20-16-18(23(27)28-4)12-13-19(20)21(22(26)25)17-10-8-7-9-11-17/h12-13,16-17H,7-11,14-15H2,1-6H3. The van der Waals surface area contributed by atoms with E-state index in [0.29, 0.717) is 18.1 Å². The molecule has 30 heavy (non-hydrogen) atoms. The fourth-order valence-corrected chi connectivity index (χ4v) is 6.14. The molecule has 0 radical (unpaired) electrons. The van der Waals surface area contributed by atoms with Gasteiger partial charge in [0.05, 0.1) is 29.4 Å². The average molecular weight is 495 g/mol. The van der Waals surface area contributed by atoms with Gasteiger partial charge in [-0.15, -0.1) is 0 Å². The van der Waals surface area contributed by atoms with Gasteiger partial charge in [0, 0.05) is 11.9 Å². The van der Waals surface area contributed by atoms with Crippen LogP contribution in [0.4, 0.5) is 0 Å². The predicted molar refractivity (Wildman–Crippen MR) is 130 cm³/mol. The number of methoxy groups -OCH3 is 1. The van der Waals surface area contributed by atoms with Gasteiger partial charge in [0.25, 0.3) is 0 Å². The lowest BCUT2D eigenvalue weighted by Gasteiger charge is -2.36. The topological polar surface area (TPSA) is 40.5 Å². The first-order chi connectivity index (χ1) is 14.1. The summed E-state index contributed by atoms with van der Waals surface area (Å²) >= 11 is 3.93. The summed E-state index contributed by atoms with van der Waals surface area (Å²) in [4.78, 5) is 12.2. The summed E-state index contributed by atoms with van der Waals surface area (Å²) in [6.07, 6.45) is 6.38. The van der Waals surface area contributed by atoms with Gasteiger partial charge >= 0.3 is 5.97 Å². The highest BCUT2D eigenvalue weighted by Crippen LogP contribution is 2.43. The summed E-state index contributed by atoms with van der Waals surface area (Å²) in [6.45, 7) is 12.8. The Labute approximate surface area is 190 Å². The Kier molecular flexibility index (Phi) is 7.20. The number of benzene rings is 1. The van der Waals surface area contributed by atoms with Crippen molar-refractivity contribution in [3.05, 3.63) is 33.9 Å². The molecule has 0 saturated heterocycles. The molecule has 3 rings (SSSR count). The van der Waals surface area contributed by atoms with Crippen LogP contribution in [0.1, 0.15) is 74.7 Å². The van der Waals surface area contributed by atoms with Gasteiger partial charge < -0.3 is 13.7 Å². The van der Waals surface area contributed by atoms with Crippen molar-refractivity contribution in [3.63, 3.8) is 0 Å². The highest BCUT2D eigenvalue weighted by atomic mass is 79.9. The molecule has 0 spiro atoms. The van der Waals surface area contributed by atoms with Gasteiger partial charge in [-0.05, 0) is 70.5 Å². The smallest absolute Gasteiger partial charge is 0.337 e. The van der Waals surface area contributed by atoms with Crippen LogP contribution in [0.15, 0.2) is 22.8 Å². The molecule has 4 nitrogen and oxygen atoms in total. The maximum atomic E-state index is 12.2. The second-order valence-electron chi connectivity index (χ2n) is 10.0. The number of ether oxygens (including phenoxy) is 1. The molecule has 0 amide bonds. The number of hydrogen-bond donors (Lipinski definition) is 0. The van der Waals surface area contributed by atoms with Crippen LogP contribution < -0.4 is 0 Å². The summed E-state index contributed by atoms with van der Waals surface area (Å²) in [6, 6.07) is 5.97. The zero-order valence-electron chi connectivity index (χ0n) is 19.3. The first-order valence-corrected chi connectivity index (χ1v) is 14.8. The van der Waals surface area contributed by atoms with E-state index in [1.54, 1.807) is 0 Å². The van der Waals surface area contributed by atoms with E-state index in [4.69, 9.17) is 9.16 Å². The SMILES string of the molecule is COC(=O)c1ccc2c(C3CCCCC3)c(Br)n(CCO[Si](C)(C)C(C)(C)C)c2c1. The second-order valence-corrected chi connectivity index (χ2v) is 15.6. The van der Waals surface area contributed by atoms with E-state index >= 15 is 0 Å². The molecule has 0 bridgehead atoms. The zero-order chi connectivity index (χ0) is 22.1. The van der Waals surface area contributed by atoms with E-state index in [2.05, 4.69) is 60.4 Å². The minimum atomic E-state index is -1.81. The molecule has 6 heteroatoms. The van der Waals surface area contributed by atoms with Crippen LogP contribution in [0, 0.1) is 0 Å². The Morgan fingerprint density at radius 3 is 2.47 bits per heavy atom. The zero-order valence-corrected chi connectivity index (χ0v) is 21.9. The van der Waals surface area contributed by atoms with Gasteiger partial charge in [-0.3, -0.25) is 0 Å². The average Bonchev–Trinajstić information content (AvgIpc) is 2.98. The van der Waals surface area contributed by atoms with Gasteiger partial charge in [-0.1, -0.05) is 46.1 Å². The van der Waals surface area contributed by atoms with E-state index in [1.165, 1.54) is 50.2 Å². The van der Waals surface area contributed by atoms with Crippen LogP contribution in [0.25, 0.3) is 10.9 Å². The largest absolute Gasteiger partial charge is 0.465 e. The molecule has 2 aromatic rings. The number of rotatable bonds is 6. The van der Waals surface area contributed by atoms with Crippen molar-refractivity contribution in [1.29, 1.82) is 0 Å². The van der Waals surface area contributed by atoms with Crippen LogP contribution in [-0.4, -0.2) is 32.6 Å². The number of esters is 1. The first-order valence-electron chi connectivity index (χ1n) is 11.1. The van der Waals surface area contributed by atoms with E-state index in [-0.39, 0.29) is 11.0 Å². The first kappa shape index (κ1) is 23.5. The molecule has 0 N–H and O–H groups in total. The maximum absolute atomic E-state index is 12.2. The molecule has 1 aromatic heterocycles. The van der Waals surface area contributed by atoms with E-state index < -0.39 is 8.32 Å². The number of nitrogens with zero attached hydrogens (tertiary/aromatic N) is 1. The minimum Gasteiger partial charge on any atom is -0.465 e. The van der Waals surface area contributed by atoms with Crippen molar-refractivity contribution in [1.82, 2.24) is 4.57 Å². The predicted octanol–water partition coefficient (Wildman–Crippen LogP) is 7.26. The van der Waals surface area contributed by atoms with Crippen molar-refractivity contribution in [3.8, 4) is 0 Å². The monoisotopic (exact) mass is 493 g/mol. The van der Waals surface area contributed by atoms with Crippen molar-refractivity contribution in [2.45, 2.75) is 83.5 Å².